The second kappa shape index (κ2) is 14.8. The van der Waals surface area contributed by atoms with Crippen molar-refractivity contribution in [1.82, 2.24) is 30.5 Å². The molecule has 208 valence electrons. The molecule has 0 aliphatic carbocycles. The van der Waals surface area contributed by atoms with E-state index in [9.17, 15) is 9.90 Å². The number of amides is 1. The maximum atomic E-state index is 12.8. The number of hydrogen-bond donors (Lipinski definition) is 5. The maximum absolute atomic E-state index is 12.8. The van der Waals surface area contributed by atoms with E-state index in [1.165, 1.54) is 31.9 Å². The molecule has 1 amide bonds. The van der Waals surface area contributed by atoms with Crippen LogP contribution in [0.4, 0.5) is 17.6 Å². The van der Waals surface area contributed by atoms with Crippen molar-refractivity contribution in [1.29, 1.82) is 0 Å². The lowest BCUT2D eigenvalue weighted by molar-refractivity contribution is 0.0740. The first kappa shape index (κ1) is 29.5. The van der Waals surface area contributed by atoms with Crippen molar-refractivity contribution >= 4 is 23.5 Å². The third-order valence-corrected chi connectivity index (χ3v) is 6.63. The van der Waals surface area contributed by atoms with Gasteiger partial charge in [0.05, 0.1) is 5.69 Å². The number of pyridine rings is 1. The smallest absolute Gasteiger partial charge is 0.256 e. The molecule has 1 aliphatic rings. The van der Waals surface area contributed by atoms with Crippen LogP contribution in [0, 0.1) is 0 Å². The van der Waals surface area contributed by atoms with Crippen LogP contribution in [0.25, 0.3) is 0 Å². The van der Waals surface area contributed by atoms with Gasteiger partial charge in [0.15, 0.2) is 0 Å². The highest BCUT2D eigenvalue weighted by Gasteiger charge is 2.22. The van der Waals surface area contributed by atoms with Crippen LogP contribution in [0.2, 0.25) is 0 Å². The van der Waals surface area contributed by atoms with E-state index in [0.717, 1.165) is 39.0 Å². The number of carbonyl (C=O) groups is 1. The Hall–Kier alpha value is -3.08. The van der Waals surface area contributed by atoms with E-state index in [-0.39, 0.29) is 11.9 Å². The zero-order valence-corrected chi connectivity index (χ0v) is 23.1. The van der Waals surface area contributed by atoms with Gasteiger partial charge in [-0.2, -0.15) is 4.98 Å². The fraction of sp³-hybridized carbons (Fsp3) is 0.571. The number of nitrogens with zero attached hydrogens (tertiary/aromatic N) is 4. The van der Waals surface area contributed by atoms with Crippen LogP contribution in [0.1, 0.15) is 68.4 Å². The highest BCUT2D eigenvalue weighted by atomic mass is 16.3. The van der Waals surface area contributed by atoms with E-state index in [1.54, 1.807) is 38.1 Å². The van der Waals surface area contributed by atoms with E-state index in [2.05, 4.69) is 47.7 Å². The molecular formula is C28H44N8O2. The average molecular weight is 525 g/mol. The number of unbranched alkanes of at least 4 members (excludes halogenated alkanes) is 3. The van der Waals surface area contributed by atoms with Gasteiger partial charge >= 0.3 is 0 Å². The molecule has 10 heteroatoms. The maximum Gasteiger partial charge on any atom is 0.256 e. The van der Waals surface area contributed by atoms with Gasteiger partial charge in [0.25, 0.3) is 5.91 Å². The molecule has 2 aromatic heterocycles. The summed E-state index contributed by atoms with van der Waals surface area (Å²) in [5, 5.41) is 23.0. The number of aliphatic hydroxyl groups is 1. The molecule has 1 aliphatic heterocycles. The molecule has 3 rings (SSSR count). The number of rotatable bonds is 15. The lowest BCUT2D eigenvalue weighted by Gasteiger charge is -2.32. The van der Waals surface area contributed by atoms with Crippen molar-refractivity contribution in [2.75, 3.05) is 50.4 Å². The van der Waals surface area contributed by atoms with E-state index in [1.807, 2.05) is 7.05 Å². The second-order valence-corrected chi connectivity index (χ2v) is 10.3. The minimum atomic E-state index is -1.10. The van der Waals surface area contributed by atoms with E-state index >= 15 is 0 Å². The average Bonchev–Trinajstić information content (AvgIpc) is 2.90. The summed E-state index contributed by atoms with van der Waals surface area (Å²) in [5.74, 6) is 0.984. The van der Waals surface area contributed by atoms with Gasteiger partial charge in [-0.25, -0.2) is 9.97 Å². The van der Waals surface area contributed by atoms with Crippen molar-refractivity contribution in [3.63, 3.8) is 0 Å². The zero-order valence-electron chi connectivity index (χ0n) is 23.1. The summed E-state index contributed by atoms with van der Waals surface area (Å²) in [6.07, 6.45) is 10.2. The van der Waals surface area contributed by atoms with Crippen LogP contribution in [-0.2, 0) is 5.60 Å². The van der Waals surface area contributed by atoms with Gasteiger partial charge in [-0.05, 0) is 71.8 Å². The molecule has 0 spiro atoms. The summed E-state index contributed by atoms with van der Waals surface area (Å²) in [4.78, 5) is 28.9. The Kier molecular flexibility index (Phi) is 11.4. The van der Waals surface area contributed by atoms with Crippen LogP contribution in [0.5, 0.6) is 0 Å². The van der Waals surface area contributed by atoms with Gasteiger partial charge in [0.1, 0.15) is 22.8 Å². The van der Waals surface area contributed by atoms with Crippen LogP contribution >= 0.6 is 0 Å². The molecule has 2 aromatic rings. The van der Waals surface area contributed by atoms with Crippen molar-refractivity contribution in [2.45, 2.75) is 64.0 Å². The molecule has 0 unspecified atom stereocenters. The minimum Gasteiger partial charge on any atom is -0.384 e. The topological polar surface area (TPSA) is 127 Å². The molecule has 1 saturated heterocycles. The van der Waals surface area contributed by atoms with E-state index in [0.29, 0.717) is 35.4 Å². The summed E-state index contributed by atoms with van der Waals surface area (Å²) in [6, 6.07) is 5.60. The van der Waals surface area contributed by atoms with Crippen molar-refractivity contribution in [3.05, 3.63) is 48.3 Å². The van der Waals surface area contributed by atoms with Gasteiger partial charge < -0.3 is 31.3 Å². The minimum absolute atomic E-state index is 0.270. The lowest BCUT2D eigenvalue weighted by Crippen LogP contribution is -2.39. The fourth-order valence-corrected chi connectivity index (χ4v) is 4.41. The molecular weight excluding hydrogens is 480 g/mol. The van der Waals surface area contributed by atoms with E-state index in [4.69, 9.17) is 0 Å². The predicted molar refractivity (Wildman–Crippen MR) is 153 cm³/mol. The molecule has 0 atom stereocenters. The van der Waals surface area contributed by atoms with E-state index < -0.39 is 5.60 Å². The van der Waals surface area contributed by atoms with Gasteiger partial charge in [0, 0.05) is 31.9 Å². The third-order valence-electron chi connectivity index (χ3n) is 6.63. The standard InChI is InChI=1S/C28H44N8O2/c1-5-15-30-26(37)22-20-31-27(35-25(22)34-24-12-10-11-23(33-24)28(2,3)38)32-21-13-18-36(19-14-21)17-9-7-6-8-16-29-4/h5,10-12,20-21,29,38H,1,6-9,13-19H2,2-4H3,(H,30,37)(H2,31,32,33,34,35). The quantitative estimate of drug-likeness (QED) is 0.176. The van der Waals surface area contributed by atoms with Gasteiger partial charge in [-0.3, -0.25) is 4.79 Å². The molecule has 0 saturated carbocycles. The van der Waals surface area contributed by atoms with Gasteiger partial charge in [0.2, 0.25) is 5.95 Å². The number of piperidine rings is 1. The molecule has 0 aromatic carbocycles. The predicted octanol–water partition coefficient (Wildman–Crippen LogP) is 3.41. The number of anilines is 3. The lowest BCUT2D eigenvalue weighted by atomic mass is 10.0. The Labute approximate surface area is 226 Å². The molecule has 5 N–H and O–H groups in total. The SMILES string of the molecule is C=CCNC(=O)c1cnc(NC2CCN(CCCCCCNC)CC2)nc1Nc1cccc(C(C)(C)O)n1. The third kappa shape index (κ3) is 9.34. The van der Waals surface area contributed by atoms with Gasteiger partial charge in [-0.1, -0.05) is 25.0 Å². The summed E-state index contributed by atoms with van der Waals surface area (Å²) in [5.41, 5.74) is -0.281. The summed E-state index contributed by atoms with van der Waals surface area (Å²) in [6.45, 7) is 11.7. The molecule has 10 nitrogen and oxygen atoms in total. The summed E-state index contributed by atoms with van der Waals surface area (Å²) in [7, 11) is 2.00. The number of carbonyl (C=O) groups excluding carboxylic acids is 1. The first-order chi connectivity index (χ1) is 18.3. The molecule has 3 heterocycles. The second-order valence-electron chi connectivity index (χ2n) is 10.3. The van der Waals surface area contributed by atoms with Crippen molar-refractivity contribution in [3.8, 4) is 0 Å². The number of hydrogen-bond acceptors (Lipinski definition) is 9. The Balaban J connectivity index is 1.63. The molecule has 0 radical (unpaired) electrons. The highest BCUT2D eigenvalue weighted by Crippen LogP contribution is 2.23. The van der Waals surface area contributed by atoms with Crippen LogP contribution in [-0.4, -0.2) is 76.7 Å². The first-order valence-electron chi connectivity index (χ1n) is 13.7. The van der Waals surface area contributed by atoms with Crippen molar-refractivity contribution < 1.29 is 9.90 Å². The molecule has 38 heavy (non-hydrogen) atoms. The Morgan fingerprint density at radius 1 is 1.18 bits per heavy atom. The Bertz CT molecular complexity index is 1030. The fourth-order valence-electron chi connectivity index (χ4n) is 4.41. The van der Waals surface area contributed by atoms with Crippen LogP contribution in [0.15, 0.2) is 37.1 Å². The van der Waals surface area contributed by atoms with Crippen LogP contribution < -0.4 is 21.3 Å². The number of nitrogens with one attached hydrogen (secondary N) is 4. The Morgan fingerprint density at radius 3 is 2.66 bits per heavy atom. The van der Waals surface area contributed by atoms with Crippen LogP contribution in [0.3, 0.4) is 0 Å². The number of likely N-dealkylation sites (tertiary alicyclic amines) is 1. The largest absolute Gasteiger partial charge is 0.384 e. The molecule has 1 fully saturated rings. The number of aromatic nitrogens is 3. The normalized spacial score (nSPS) is 14.7. The Morgan fingerprint density at radius 2 is 1.95 bits per heavy atom. The zero-order chi connectivity index (χ0) is 27.4. The molecule has 0 bridgehead atoms. The highest BCUT2D eigenvalue weighted by molar-refractivity contribution is 5.99. The first-order valence-corrected chi connectivity index (χ1v) is 13.7. The monoisotopic (exact) mass is 524 g/mol. The summed E-state index contributed by atoms with van der Waals surface area (Å²) >= 11 is 0. The summed E-state index contributed by atoms with van der Waals surface area (Å²) < 4.78 is 0. The van der Waals surface area contributed by atoms with Gasteiger partial charge in [-0.15, -0.1) is 6.58 Å². The van der Waals surface area contributed by atoms with Crippen molar-refractivity contribution in [2.24, 2.45) is 0 Å².